The lowest BCUT2D eigenvalue weighted by Gasteiger charge is -2.27. The molecule has 6 heteroatoms. The second-order valence-corrected chi connectivity index (χ2v) is 18.4. The van der Waals surface area contributed by atoms with E-state index >= 15 is 0 Å². The van der Waals surface area contributed by atoms with Gasteiger partial charge in [0.2, 0.25) is 0 Å². The van der Waals surface area contributed by atoms with Gasteiger partial charge in [-0.25, -0.2) is 0 Å². The third kappa shape index (κ3) is 9.46. The molecule has 0 aromatic carbocycles. The van der Waals surface area contributed by atoms with E-state index in [-0.39, 0.29) is 0 Å². The lowest BCUT2D eigenvalue weighted by molar-refractivity contribution is 0.573. The summed E-state index contributed by atoms with van der Waals surface area (Å²) in [6.07, 6.45) is 0. The Labute approximate surface area is 121 Å². The fourth-order valence-corrected chi connectivity index (χ4v) is 17.5. The van der Waals surface area contributed by atoms with Gasteiger partial charge in [-0.3, -0.25) is 0 Å². The Balaban J connectivity index is 3.96. The second-order valence-electron chi connectivity index (χ2n) is 6.37. The molecule has 1 unspecified atom stereocenters. The molecule has 0 spiro atoms. The zero-order valence-electron chi connectivity index (χ0n) is 13.4. The Morgan fingerprint density at radius 3 is 2.28 bits per heavy atom. The fraction of sp³-hybridized carbons (Fsp3) is 0.833. The van der Waals surface area contributed by atoms with Gasteiger partial charge in [0.25, 0.3) is 0 Å². The van der Waals surface area contributed by atoms with Gasteiger partial charge in [-0.2, -0.15) is 0 Å². The minimum atomic E-state index is -1.46. The monoisotopic (exact) mass is 320 g/mol. The van der Waals surface area contributed by atoms with Gasteiger partial charge in [0.1, 0.15) is 0 Å². The molecule has 0 aromatic heterocycles. The van der Waals surface area contributed by atoms with Crippen LogP contribution in [0.1, 0.15) is 13.8 Å². The summed E-state index contributed by atoms with van der Waals surface area (Å²) in [6.45, 7) is 20.1. The van der Waals surface area contributed by atoms with Crippen molar-refractivity contribution in [2.24, 2.45) is 5.92 Å². The predicted molar refractivity (Wildman–Crippen MR) is 93.7 cm³/mol. The average Bonchev–Trinajstić information content (AvgIpc) is 2.13. The molecular formula is C12H32O2Si4. The topological polar surface area (TPSA) is 18.5 Å². The van der Waals surface area contributed by atoms with E-state index in [0.717, 1.165) is 6.04 Å². The van der Waals surface area contributed by atoms with Crippen LogP contribution in [0, 0.1) is 5.92 Å². The van der Waals surface area contributed by atoms with Crippen LogP contribution in [-0.4, -0.2) is 36.2 Å². The maximum Gasteiger partial charge on any atom is 0.172 e. The third-order valence-electron chi connectivity index (χ3n) is 3.02. The molecular weight excluding hydrogens is 288 g/mol. The highest BCUT2D eigenvalue weighted by molar-refractivity contribution is 6.85. The van der Waals surface area contributed by atoms with Gasteiger partial charge in [0.15, 0.2) is 36.2 Å². The van der Waals surface area contributed by atoms with E-state index in [4.69, 9.17) is 8.23 Å². The normalized spacial score (nSPS) is 14.9. The van der Waals surface area contributed by atoms with Crippen molar-refractivity contribution < 1.29 is 8.23 Å². The van der Waals surface area contributed by atoms with Crippen LogP contribution < -0.4 is 0 Å². The molecule has 18 heavy (non-hydrogen) atoms. The Morgan fingerprint density at radius 2 is 1.83 bits per heavy atom. The first-order chi connectivity index (χ1) is 8.14. The first-order valence-electron chi connectivity index (χ1n) is 7.11. The highest BCUT2D eigenvalue weighted by Gasteiger charge is 2.26. The molecule has 0 aliphatic rings. The smallest absolute Gasteiger partial charge is 0.172 e. The Morgan fingerprint density at radius 1 is 1.28 bits per heavy atom. The van der Waals surface area contributed by atoms with E-state index in [1.165, 1.54) is 11.2 Å². The summed E-state index contributed by atoms with van der Waals surface area (Å²) in [6, 6.07) is 1.14. The van der Waals surface area contributed by atoms with Crippen molar-refractivity contribution in [3.63, 3.8) is 0 Å². The van der Waals surface area contributed by atoms with E-state index in [0.29, 0.717) is 5.92 Å². The zero-order valence-corrected chi connectivity index (χ0v) is 18.1. The Hall–Kier alpha value is 0.528. The molecule has 0 rings (SSSR count). The van der Waals surface area contributed by atoms with Crippen molar-refractivity contribution in [3.8, 4) is 0 Å². The molecule has 0 saturated carbocycles. The summed E-state index contributed by atoms with van der Waals surface area (Å²) in [5.74, 6) is 0.606. The third-order valence-corrected chi connectivity index (χ3v) is 18.1. The van der Waals surface area contributed by atoms with Crippen LogP contribution in [0.2, 0.25) is 44.4 Å². The first kappa shape index (κ1) is 18.5. The molecule has 0 saturated heterocycles. The lowest BCUT2D eigenvalue weighted by Crippen LogP contribution is -2.39. The van der Waals surface area contributed by atoms with Crippen molar-refractivity contribution in [3.05, 3.63) is 12.2 Å². The summed E-state index contributed by atoms with van der Waals surface area (Å²) in [7, 11) is -3.69. The molecule has 0 fully saturated rings. The minimum Gasteiger partial charge on any atom is -0.461 e. The largest absolute Gasteiger partial charge is 0.461 e. The van der Waals surface area contributed by atoms with Gasteiger partial charge in [0, 0.05) is 0 Å². The van der Waals surface area contributed by atoms with Crippen LogP contribution in [0.25, 0.3) is 0 Å². The molecule has 0 bridgehead atoms. The summed E-state index contributed by atoms with van der Waals surface area (Å²) < 4.78 is 12.4. The maximum absolute atomic E-state index is 6.29. The number of allylic oxidation sites excluding steroid dienone is 1. The molecule has 0 aromatic rings. The molecule has 0 aliphatic heterocycles. The molecule has 1 atom stereocenters. The number of rotatable bonds is 9. The quantitative estimate of drug-likeness (QED) is 0.480. The van der Waals surface area contributed by atoms with E-state index in [1.54, 1.807) is 0 Å². The molecule has 0 heterocycles. The van der Waals surface area contributed by atoms with Crippen LogP contribution in [-0.2, 0) is 8.23 Å². The van der Waals surface area contributed by atoms with Crippen LogP contribution in [0.3, 0.4) is 0 Å². The van der Waals surface area contributed by atoms with Gasteiger partial charge in [-0.15, -0.1) is 0 Å². The molecule has 108 valence electrons. The van der Waals surface area contributed by atoms with Gasteiger partial charge in [-0.1, -0.05) is 26.0 Å². The average molecular weight is 321 g/mol. The van der Waals surface area contributed by atoms with Crippen LogP contribution in [0.15, 0.2) is 12.2 Å². The summed E-state index contributed by atoms with van der Waals surface area (Å²) in [5, 5.41) is 0. The van der Waals surface area contributed by atoms with E-state index < -0.39 is 36.2 Å². The highest BCUT2D eigenvalue weighted by atomic mass is 28.4. The highest BCUT2D eigenvalue weighted by Crippen LogP contribution is 2.17. The number of hydrogen-bond donors (Lipinski definition) is 0. The van der Waals surface area contributed by atoms with Crippen LogP contribution in [0.4, 0.5) is 0 Å². The maximum atomic E-state index is 6.29. The van der Waals surface area contributed by atoms with E-state index in [1.807, 2.05) is 0 Å². The van der Waals surface area contributed by atoms with Crippen molar-refractivity contribution in [1.29, 1.82) is 0 Å². The van der Waals surface area contributed by atoms with Gasteiger partial charge < -0.3 is 8.23 Å². The molecule has 0 radical (unpaired) electrons. The molecule has 0 N–H and O–H groups in total. The summed E-state index contributed by atoms with van der Waals surface area (Å²) in [5.41, 5.74) is 2.63. The Bertz CT molecular complexity index is 254. The Kier molecular flexibility index (Phi) is 8.90. The standard InChI is InChI=1S/C12H32O2Si4/c1-11(2)12(3)9-15-13-18(7,8)10-17(6)14-16(4)5/h11,16-17H,3,9-10,15H2,1-2,4-8H3. The predicted octanol–water partition coefficient (Wildman–Crippen LogP) is 2.82. The van der Waals surface area contributed by atoms with E-state index in [9.17, 15) is 0 Å². The van der Waals surface area contributed by atoms with Crippen LogP contribution in [0.5, 0.6) is 0 Å². The zero-order chi connectivity index (χ0) is 14.3. The van der Waals surface area contributed by atoms with Gasteiger partial charge in [-0.05, 0) is 50.4 Å². The summed E-state index contributed by atoms with van der Waals surface area (Å²) >= 11 is 0. The summed E-state index contributed by atoms with van der Waals surface area (Å²) in [4.78, 5) is 0. The van der Waals surface area contributed by atoms with E-state index in [2.05, 4.69) is 53.2 Å². The second kappa shape index (κ2) is 8.65. The fourth-order valence-electron chi connectivity index (χ4n) is 2.01. The van der Waals surface area contributed by atoms with Crippen molar-refractivity contribution in [2.75, 3.05) is 0 Å². The van der Waals surface area contributed by atoms with Gasteiger partial charge in [0.05, 0.1) is 0 Å². The van der Waals surface area contributed by atoms with Crippen molar-refractivity contribution in [1.82, 2.24) is 0 Å². The van der Waals surface area contributed by atoms with Crippen molar-refractivity contribution >= 4 is 36.2 Å². The lowest BCUT2D eigenvalue weighted by atomic mass is 10.1. The van der Waals surface area contributed by atoms with Crippen molar-refractivity contribution in [2.45, 2.75) is 58.3 Å². The minimum absolute atomic E-state index is 0.413. The SMILES string of the molecule is C=C(C[SiH2]O[Si](C)(C)C[SiH](C)O[SiH](C)C)C(C)C. The van der Waals surface area contributed by atoms with Gasteiger partial charge >= 0.3 is 0 Å². The van der Waals surface area contributed by atoms with Crippen LogP contribution >= 0.6 is 0 Å². The number of hydrogen-bond acceptors (Lipinski definition) is 2. The molecule has 0 aliphatic carbocycles. The first-order valence-corrected chi connectivity index (χ1v) is 17.0. The molecule has 2 nitrogen and oxygen atoms in total. The molecule has 0 amide bonds.